The number of amides is 2. The Morgan fingerprint density at radius 3 is 2.20 bits per heavy atom. The van der Waals surface area contributed by atoms with Crippen molar-refractivity contribution in [2.75, 3.05) is 0 Å². The zero-order valence-electron chi connectivity index (χ0n) is 15.3. The monoisotopic (exact) mass is 338 g/mol. The number of carbonyl (C=O) groups is 2. The maximum Gasteiger partial charge on any atom is 0.222 e. The van der Waals surface area contributed by atoms with E-state index >= 15 is 0 Å². The van der Waals surface area contributed by atoms with Gasteiger partial charge >= 0.3 is 0 Å². The summed E-state index contributed by atoms with van der Waals surface area (Å²) in [6.45, 7) is 7.48. The molecule has 0 aliphatic rings. The molecular formula is C21H26N2O2. The first kappa shape index (κ1) is 18.7. The molecule has 2 atom stereocenters. The number of hydrogen-bond acceptors (Lipinski definition) is 2. The van der Waals surface area contributed by atoms with Gasteiger partial charge in [0.25, 0.3) is 0 Å². The first-order valence-electron chi connectivity index (χ1n) is 8.55. The van der Waals surface area contributed by atoms with E-state index in [1.165, 1.54) is 6.92 Å². The van der Waals surface area contributed by atoms with E-state index in [-0.39, 0.29) is 30.3 Å². The molecule has 4 nitrogen and oxygen atoms in total. The fraction of sp³-hybridized carbons (Fsp3) is 0.333. The molecule has 0 spiro atoms. The van der Waals surface area contributed by atoms with Crippen LogP contribution in [0.5, 0.6) is 0 Å². The molecule has 2 aromatic carbocycles. The Hall–Kier alpha value is -2.62. The summed E-state index contributed by atoms with van der Waals surface area (Å²) in [6.07, 6.45) is 0.207. The molecule has 25 heavy (non-hydrogen) atoms. The highest BCUT2D eigenvalue weighted by atomic mass is 16.2. The van der Waals surface area contributed by atoms with Gasteiger partial charge in [0.1, 0.15) is 0 Å². The van der Waals surface area contributed by atoms with E-state index in [9.17, 15) is 9.59 Å². The Kier molecular flexibility index (Phi) is 6.34. The lowest BCUT2D eigenvalue weighted by Gasteiger charge is -2.21. The van der Waals surface area contributed by atoms with Crippen LogP contribution in [0.15, 0.2) is 48.5 Å². The molecule has 0 aliphatic heterocycles. The second-order valence-electron chi connectivity index (χ2n) is 6.51. The second kappa shape index (κ2) is 8.47. The normalized spacial score (nSPS) is 13.0. The number of aryl methyl sites for hydroxylation is 2. The van der Waals surface area contributed by atoms with Crippen molar-refractivity contribution in [2.24, 2.45) is 0 Å². The lowest BCUT2D eigenvalue weighted by atomic mass is 10.00. The van der Waals surface area contributed by atoms with E-state index in [0.717, 1.165) is 22.3 Å². The van der Waals surface area contributed by atoms with Crippen molar-refractivity contribution in [3.63, 3.8) is 0 Å². The highest BCUT2D eigenvalue weighted by Gasteiger charge is 2.19. The van der Waals surface area contributed by atoms with Crippen molar-refractivity contribution in [1.29, 1.82) is 0 Å². The van der Waals surface area contributed by atoms with Crippen LogP contribution in [0.3, 0.4) is 0 Å². The summed E-state index contributed by atoms with van der Waals surface area (Å²) in [7, 11) is 0. The van der Waals surface area contributed by atoms with Gasteiger partial charge < -0.3 is 10.6 Å². The zero-order chi connectivity index (χ0) is 18.4. The van der Waals surface area contributed by atoms with Gasteiger partial charge in [-0.25, -0.2) is 0 Å². The predicted octanol–water partition coefficient (Wildman–Crippen LogP) is 3.75. The van der Waals surface area contributed by atoms with E-state index in [2.05, 4.69) is 10.6 Å². The molecule has 0 radical (unpaired) electrons. The average Bonchev–Trinajstić information content (AvgIpc) is 2.54. The van der Waals surface area contributed by atoms with E-state index < -0.39 is 0 Å². The fourth-order valence-electron chi connectivity index (χ4n) is 2.93. The molecule has 4 heteroatoms. The van der Waals surface area contributed by atoms with Gasteiger partial charge in [-0.05, 0) is 37.5 Å². The Labute approximate surface area is 149 Å². The quantitative estimate of drug-likeness (QED) is 0.843. The Bertz CT molecular complexity index is 738. The first-order chi connectivity index (χ1) is 11.9. The Morgan fingerprint density at radius 1 is 0.960 bits per heavy atom. The minimum Gasteiger partial charge on any atom is -0.349 e. The maximum atomic E-state index is 12.5. The molecule has 0 unspecified atom stereocenters. The minimum absolute atomic E-state index is 0.0790. The van der Waals surface area contributed by atoms with Gasteiger partial charge in [0.2, 0.25) is 11.8 Å². The topological polar surface area (TPSA) is 58.2 Å². The number of carbonyl (C=O) groups excluding carboxylic acids is 2. The molecule has 0 saturated carbocycles. The molecule has 0 aliphatic carbocycles. The molecule has 132 valence electrons. The molecule has 0 heterocycles. The highest BCUT2D eigenvalue weighted by molar-refractivity contribution is 5.79. The van der Waals surface area contributed by atoms with Crippen LogP contribution in [0.2, 0.25) is 0 Å². The van der Waals surface area contributed by atoms with E-state index in [1.54, 1.807) is 0 Å². The van der Waals surface area contributed by atoms with Crippen molar-refractivity contribution in [3.8, 4) is 0 Å². The summed E-state index contributed by atoms with van der Waals surface area (Å²) in [5, 5.41) is 5.90. The van der Waals surface area contributed by atoms with Gasteiger partial charge in [0.15, 0.2) is 0 Å². The van der Waals surface area contributed by atoms with Crippen molar-refractivity contribution in [3.05, 3.63) is 70.8 Å². The molecule has 2 N–H and O–H groups in total. The third-order valence-electron chi connectivity index (χ3n) is 4.28. The highest BCUT2D eigenvalue weighted by Crippen LogP contribution is 2.20. The van der Waals surface area contributed by atoms with Crippen LogP contribution in [0.25, 0.3) is 0 Å². The van der Waals surface area contributed by atoms with Crippen molar-refractivity contribution in [1.82, 2.24) is 10.6 Å². The van der Waals surface area contributed by atoms with Crippen LogP contribution >= 0.6 is 0 Å². The van der Waals surface area contributed by atoms with Crippen molar-refractivity contribution >= 4 is 11.8 Å². The summed E-state index contributed by atoms with van der Waals surface area (Å²) in [5.41, 5.74) is 4.32. The van der Waals surface area contributed by atoms with Crippen LogP contribution in [0.1, 0.15) is 54.6 Å². The Morgan fingerprint density at radius 2 is 1.60 bits per heavy atom. The molecule has 0 saturated heterocycles. The molecule has 2 aromatic rings. The number of rotatable bonds is 6. The third-order valence-corrected chi connectivity index (χ3v) is 4.28. The van der Waals surface area contributed by atoms with Crippen LogP contribution in [0, 0.1) is 13.8 Å². The predicted molar refractivity (Wildman–Crippen MR) is 100 cm³/mol. The summed E-state index contributed by atoms with van der Waals surface area (Å²) >= 11 is 0. The summed E-state index contributed by atoms with van der Waals surface area (Å²) in [6, 6.07) is 15.5. The number of nitrogens with one attached hydrogen (secondary N) is 2. The molecule has 2 amide bonds. The molecule has 2 rings (SSSR count). The largest absolute Gasteiger partial charge is 0.349 e. The fourth-order valence-corrected chi connectivity index (χ4v) is 2.93. The van der Waals surface area contributed by atoms with E-state index in [4.69, 9.17) is 0 Å². The van der Waals surface area contributed by atoms with Gasteiger partial charge in [-0.1, -0.05) is 54.1 Å². The molecular weight excluding hydrogens is 312 g/mol. The lowest BCUT2D eigenvalue weighted by Crippen LogP contribution is -2.33. The molecule has 0 bridgehead atoms. The minimum atomic E-state index is -0.331. The van der Waals surface area contributed by atoms with Gasteiger partial charge in [0.05, 0.1) is 18.5 Å². The smallest absolute Gasteiger partial charge is 0.222 e. The summed E-state index contributed by atoms with van der Waals surface area (Å²) < 4.78 is 0. The maximum absolute atomic E-state index is 12.5. The molecule has 0 aromatic heterocycles. The van der Waals surface area contributed by atoms with Crippen molar-refractivity contribution in [2.45, 2.75) is 46.2 Å². The van der Waals surface area contributed by atoms with Crippen LogP contribution in [0.4, 0.5) is 0 Å². The standard InChI is InChI=1S/C21H26N2O2/c1-14-9-11-18(12-10-14)20(23-17(4)24)13-21(25)22-16(3)19-8-6-5-7-15(19)2/h5-12,16,20H,13H2,1-4H3,(H,22,25)(H,23,24)/t16-,20-/m0/s1. The van der Waals surface area contributed by atoms with Crippen LogP contribution in [-0.4, -0.2) is 11.8 Å². The third kappa shape index (κ3) is 5.45. The second-order valence-corrected chi connectivity index (χ2v) is 6.51. The first-order valence-corrected chi connectivity index (χ1v) is 8.55. The number of hydrogen-bond donors (Lipinski definition) is 2. The number of benzene rings is 2. The van der Waals surface area contributed by atoms with Gasteiger partial charge in [0, 0.05) is 6.92 Å². The summed E-state index contributed by atoms with van der Waals surface area (Å²) in [5.74, 6) is -0.236. The Balaban J connectivity index is 2.07. The SMILES string of the molecule is CC(=O)N[C@@H](CC(=O)N[C@@H](C)c1ccccc1C)c1ccc(C)cc1. The van der Waals surface area contributed by atoms with Crippen LogP contribution in [-0.2, 0) is 9.59 Å². The average molecular weight is 338 g/mol. The van der Waals surface area contributed by atoms with Gasteiger partial charge in [-0.15, -0.1) is 0 Å². The van der Waals surface area contributed by atoms with Crippen LogP contribution < -0.4 is 10.6 Å². The zero-order valence-corrected chi connectivity index (χ0v) is 15.3. The van der Waals surface area contributed by atoms with Crippen molar-refractivity contribution < 1.29 is 9.59 Å². The van der Waals surface area contributed by atoms with Gasteiger partial charge in [-0.3, -0.25) is 9.59 Å². The van der Waals surface area contributed by atoms with E-state index in [1.807, 2.05) is 69.3 Å². The van der Waals surface area contributed by atoms with Gasteiger partial charge in [-0.2, -0.15) is 0 Å². The lowest BCUT2D eigenvalue weighted by molar-refractivity contribution is -0.123. The molecule has 0 fully saturated rings. The van der Waals surface area contributed by atoms with E-state index in [0.29, 0.717) is 0 Å². The summed E-state index contributed by atoms with van der Waals surface area (Å²) in [4.78, 5) is 24.0.